The molecule has 0 unspecified atom stereocenters. The maximum Gasteiger partial charge on any atom is 0.0980 e. The normalized spacial score (nSPS) is 10.4. The Morgan fingerprint density at radius 2 is 1.13 bits per heavy atom. The highest BCUT2D eigenvalue weighted by Gasteiger charge is 2.12. The van der Waals surface area contributed by atoms with E-state index in [9.17, 15) is 0 Å². The number of hydrogen-bond acceptors (Lipinski definition) is 2. The Kier molecular flexibility index (Phi) is 6.36. The zero-order chi connectivity index (χ0) is 20.6. The molecule has 0 saturated carbocycles. The lowest BCUT2D eigenvalue weighted by atomic mass is 10.0. The fourth-order valence-electron chi connectivity index (χ4n) is 3.43. The fourth-order valence-corrected chi connectivity index (χ4v) is 3.43. The van der Waals surface area contributed by atoms with E-state index in [0.717, 1.165) is 35.5 Å². The first-order chi connectivity index (χ1) is 14.8. The molecule has 148 valence electrons. The van der Waals surface area contributed by atoms with Gasteiger partial charge in [-0.1, -0.05) is 109 Å². The number of nitrogens with zero attached hydrogens (tertiary/aromatic N) is 2. The first kappa shape index (κ1) is 19.7. The van der Waals surface area contributed by atoms with Crippen LogP contribution in [0.2, 0.25) is 0 Å². The average molecular weight is 391 g/mol. The van der Waals surface area contributed by atoms with Crippen molar-refractivity contribution in [1.29, 1.82) is 0 Å². The van der Waals surface area contributed by atoms with Gasteiger partial charge in [-0.15, -0.1) is 0 Å². The summed E-state index contributed by atoms with van der Waals surface area (Å²) in [4.78, 5) is 0. The van der Waals surface area contributed by atoms with Crippen molar-refractivity contribution in [1.82, 2.24) is 0 Å². The zero-order valence-corrected chi connectivity index (χ0v) is 17.3. The van der Waals surface area contributed by atoms with Crippen LogP contribution in [0.4, 0.5) is 5.69 Å². The summed E-state index contributed by atoms with van der Waals surface area (Å²) >= 11 is 0. The van der Waals surface area contributed by atoms with Crippen LogP contribution >= 0.6 is 0 Å². The largest absolute Gasteiger partial charge is 0.265 e. The molecule has 0 N–H and O–H groups in total. The molecule has 4 rings (SSSR count). The predicted molar refractivity (Wildman–Crippen MR) is 127 cm³/mol. The maximum absolute atomic E-state index is 5.18. The highest BCUT2D eigenvalue weighted by atomic mass is 15.5. The number of hydrogen-bond donors (Lipinski definition) is 0. The second-order valence-electron chi connectivity index (χ2n) is 7.37. The SMILES string of the molecule is Cc1ccc(N(CCc2ccccc2)N=C(c2ccccc2)c2ccccc2)cc1. The van der Waals surface area contributed by atoms with E-state index in [2.05, 4.69) is 115 Å². The van der Waals surface area contributed by atoms with Gasteiger partial charge in [0.15, 0.2) is 0 Å². The van der Waals surface area contributed by atoms with Crippen molar-refractivity contribution >= 4 is 11.4 Å². The summed E-state index contributed by atoms with van der Waals surface area (Å²) in [5.74, 6) is 0. The predicted octanol–water partition coefficient (Wildman–Crippen LogP) is 6.50. The Bertz CT molecular complexity index is 1030. The van der Waals surface area contributed by atoms with Crippen molar-refractivity contribution in [2.24, 2.45) is 5.10 Å². The molecule has 2 nitrogen and oxygen atoms in total. The van der Waals surface area contributed by atoms with E-state index in [-0.39, 0.29) is 0 Å². The first-order valence-corrected chi connectivity index (χ1v) is 10.4. The summed E-state index contributed by atoms with van der Waals surface area (Å²) in [6.45, 7) is 2.91. The molecule has 0 aliphatic rings. The van der Waals surface area contributed by atoms with Crippen LogP contribution in [0.25, 0.3) is 0 Å². The highest BCUT2D eigenvalue weighted by Crippen LogP contribution is 2.20. The van der Waals surface area contributed by atoms with Crippen molar-refractivity contribution in [3.8, 4) is 0 Å². The van der Waals surface area contributed by atoms with Gasteiger partial charge in [0.25, 0.3) is 0 Å². The van der Waals surface area contributed by atoms with Crippen LogP contribution < -0.4 is 5.01 Å². The second kappa shape index (κ2) is 9.71. The monoisotopic (exact) mass is 390 g/mol. The lowest BCUT2D eigenvalue weighted by molar-refractivity contribution is 0.825. The number of anilines is 1. The summed E-state index contributed by atoms with van der Waals surface area (Å²) < 4.78 is 0. The summed E-state index contributed by atoms with van der Waals surface area (Å²) in [6, 6.07) is 40.0. The molecule has 0 saturated heterocycles. The quantitative estimate of drug-likeness (QED) is 0.260. The number of aryl methyl sites for hydroxylation is 1. The Morgan fingerprint density at radius 1 is 0.633 bits per heavy atom. The van der Waals surface area contributed by atoms with Crippen LogP contribution in [0.3, 0.4) is 0 Å². The van der Waals surface area contributed by atoms with Crippen LogP contribution in [0.5, 0.6) is 0 Å². The van der Waals surface area contributed by atoms with E-state index < -0.39 is 0 Å². The molecule has 4 aromatic carbocycles. The minimum Gasteiger partial charge on any atom is -0.265 e. The lowest BCUT2D eigenvalue weighted by Gasteiger charge is -2.22. The standard InChI is InChI=1S/C28H26N2/c1-23-17-19-27(20-18-23)30(22-21-24-11-5-2-6-12-24)29-28(25-13-7-3-8-14-25)26-15-9-4-10-16-26/h2-20H,21-22H2,1H3. The second-order valence-corrected chi connectivity index (χ2v) is 7.37. The van der Waals surface area contributed by atoms with E-state index in [1.807, 2.05) is 12.1 Å². The van der Waals surface area contributed by atoms with Gasteiger partial charge in [0.05, 0.1) is 11.4 Å². The van der Waals surface area contributed by atoms with Gasteiger partial charge in [0, 0.05) is 17.7 Å². The fraction of sp³-hybridized carbons (Fsp3) is 0.107. The molecule has 0 heterocycles. The number of hydrazone groups is 1. The van der Waals surface area contributed by atoms with Crippen molar-refractivity contribution < 1.29 is 0 Å². The van der Waals surface area contributed by atoms with Crippen LogP contribution in [0.15, 0.2) is 120 Å². The van der Waals surface area contributed by atoms with Crippen LogP contribution in [-0.2, 0) is 6.42 Å². The smallest absolute Gasteiger partial charge is 0.0980 e. The van der Waals surface area contributed by atoms with E-state index in [0.29, 0.717) is 0 Å². The third-order valence-electron chi connectivity index (χ3n) is 5.10. The van der Waals surface area contributed by atoms with Gasteiger partial charge in [-0.05, 0) is 31.0 Å². The minimum atomic E-state index is 0.802. The van der Waals surface area contributed by atoms with Gasteiger partial charge in [0.2, 0.25) is 0 Å². The van der Waals surface area contributed by atoms with Crippen LogP contribution in [-0.4, -0.2) is 12.3 Å². The van der Waals surface area contributed by atoms with E-state index >= 15 is 0 Å². The first-order valence-electron chi connectivity index (χ1n) is 10.4. The van der Waals surface area contributed by atoms with E-state index in [1.165, 1.54) is 11.1 Å². The molecule has 0 aliphatic carbocycles. The van der Waals surface area contributed by atoms with Gasteiger partial charge in [-0.3, -0.25) is 5.01 Å². The Hall–Kier alpha value is -3.65. The molecule has 0 bridgehead atoms. The maximum atomic E-state index is 5.18. The molecule has 2 heteroatoms. The van der Waals surface area contributed by atoms with Crippen molar-refractivity contribution in [3.63, 3.8) is 0 Å². The molecular weight excluding hydrogens is 364 g/mol. The van der Waals surface area contributed by atoms with Gasteiger partial charge in [-0.25, -0.2) is 0 Å². The van der Waals surface area contributed by atoms with E-state index in [4.69, 9.17) is 5.10 Å². The summed E-state index contributed by atoms with van der Waals surface area (Å²) in [5.41, 5.74) is 6.86. The minimum absolute atomic E-state index is 0.802. The van der Waals surface area contributed by atoms with Crippen LogP contribution in [0, 0.1) is 6.92 Å². The Labute approximate surface area is 179 Å². The van der Waals surface area contributed by atoms with Crippen molar-refractivity contribution in [2.75, 3.05) is 11.6 Å². The van der Waals surface area contributed by atoms with E-state index in [1.54, 1.807) is 0 Å². The molecule has 0 atom stereocenters. The molecule has 0 spiro atoms. The zero-order valence-electron chi connectivity index (χ0n) is 17.3. The topological polar surface area (TPSA) is 15.6 Å². The number of rotatable bonds is 7. The molecule has 30 heavy (non-hydrogen) atoms. The van der Waals surface area contributed by atoms with Crippen LogP contribution in [0.1, 0.15) is 22.3 Å². The third-order valence-corrected chi connectivity index (χ3v) is 5.10. The van der Waals surface area contributed by atoms with Gasteiger partial charge in [0.1, 0.15) is 0 Å². The summed E-state index contributed by atoms with van der Waals surface area (Å²) in [7, 11) is 0. The lowest BCUT2D eigenvalue weighted by Crippen LogP contribution is -2.23. The summed E-state index contributed by atoms with van der Waals surface area (Å²) in [5, 5.41) is 7.31. The van der Waals surface area contributed by atoms with Gasteiger partial charge >= 0.3 is 0 Å². The van der Waals surface area contributed by atoms with Crippen molar-refractivity contribution in [3.05, 3.63) is 138 Å². The Balaban J connectivity index is 1.74. The molecule has 0 aromatic heterocycles. The molecular formula is C28H26N2. The molecule has 0 amide bonds. The Morgan fingerprint density at radius 3 is 1.67 bits per heavy atom. The average Bonchev–Trinajstić information content (AvgIpc) is 2.82. The number of benzene rings is 4. The third kappa shape index (κ3) is 5.03. The molecule has 0 aliphatic heterocycles. The highest BCUT2D eigenvalue weighted by molar-refractivity contribution is 6.13. The molecule has 0 fully saturated rings. The van der Waals surface area contributed by atoms with Gasteiger partial charge < -0.3 is 0 Å². The molecule has 4 aromatic rings. The summed E-state index contributed by atoms with van der Waals surface area (Å²) in [6.07, 6.45) is 0.926. The molecule has 0 radical (unpaired) electrons. The van der Waals surface area contributed by atoms with Crippen molar-refractivity contribution in [2.45, 2.75) is 13.3 Å². The van der Waals surface area contributed by atoms with Gasteiger partial charge in [-0.2, -0.15) is 5.10 Å².